The van der Waals surface area contributed by atoms with Crippen LogP contribution in [0.1, 0.15) is 11.1 Å². The van der Waals surface area contributed by atoms with Crippen molar-refractivity contribution in [1.29, 1.82) is 0 Å². The van der Waals surface area contributed by atoms with Crippen LogP contribution in [0.3, 0.4) is 0 Å². The second-order valence-electron chi connectivity index (χ2n) is 4.18. The Bertz CT molecular complexity index is 614. The number of aromatic hydroxyl groups is 1. The fraction of sp³-hybridized carbons (Fsp3) is 0.143. The molecule has 0 radical (unpaired) electrons. The number of halogens is 4. The van der Waals surface area contributed by atoms with Crippen LogP contribution < -0.4 is 5.32 Å². The van der Waals surface area contributed by atoms with Gasteiger partial charge >= 0.3 is 6.18 Å². The van der Waals surface area contributed by atoms with Crippen LogP contribution >= 0.6 is 15.9 Å². The normalized spacial score (nSPS) is 11.4. The summed E-state index contributed by atoms with van der Waals surface area (Å²) in [4.78, 5) is 0. The van der Waals surface area contributed by atoms with Crippen LogP contribution in [0, 0.1) is 0 Å². The Hall–Kier alpha value is -1.69. The van der Waals surface area contributed by atoms with Gasteiger partial charge < -0.3 is 10.4 Å². The first kappa shape index (κ1) is 14.7. The number of alkyl halides is 3. The smallest absolute Gasteiger partial charge is 0.418 e. The molecule has 0 amide bonds. The fourth-order valence-electron chi connectivity index (χ4n) is 1.74. The first-order valence-electron chi connectivity index (χ1n) is 5.75. The molecular weight excluding hydrogens is 335 g/mol. The minimum Gasteiger partial charge on any atom is -0.507 e. The van der Waals surface area contributed by atoms with Gasteiger partial charge in [-0.3, -0.25) is 0 Å². The van der Waals surface area contributed by atoms with Gasteiger partial charge in [-0.25, -0.2) is 0 Å². The third-order valence-electron chi connectivity index (χ3n) is 2.73. The SMILES string of the molecule is Oc1ccc(CNc2ccccc2C(F)(F)F)cc1Br. The lowest BCUT2D eigenvalue weighted by molar-refractivity contribution is -0.136. The lowest BCUT2D eigenvalue weighted by Crippen LogP contribution is -2.10. The Balaban J connectivity index is 2.17. The summed E-state index contributed by atoms with van der Waals surface area (Å²) in [6, 6.07) is 10.1. The molecule has 0 aliphatic carbocycles. The summed E-state index contributed by atoms with van der Waals surface area (Å²) < 4.78 is 38.9. The second-order valence-corrected chi connectivity index (χ2v) is 5.04. The molecule has 0 aromatic heterocycles. The van der Waals surface area contributed by atoms with E-state index in [1.807, 2.05) is 0 Å². The highest BCUT2D eigenvalue weighted by molar-refractivity contribution is 9.10. The van der Waals surface area contributed by atoms with Crippen molar-refractivity contribution in [2.24, 2.45) is 0 Å². The Kier molecular flexibility index (Phi) is 4.23. The molecule has 20 heavy (non-hydrogen) atoms. The number of nitrogens with one attached hydrogen (secondary N) is 1. The Labute approximate surface area is 122 Å². The summed E-state index contributed by atoms with van der Waals surface area (Å²) in [5, 5.41) is 12.1. The van der Waals surface area contributed by atoms with Gasteiger partial charge in [-0.15, -0.1) is 0 Å². The number of anilines is 1. The number of phenolic OH excluding ortho intramolecular Hbond substituents is 1. The van der Waals surface area contributed by atoms with Crippen LogP contribution in [0.4, 0.5) is 18.9 Å². The molecule has 0 spiro atoms. The number of phenols is 1. The maximum Gasteiger partial charge on any atom is 0.418 e. The van der Waals surface area contributed by atoms with Crippen molar-refractivity contribution in [3.63, 3.8) is 0 Å². The van der Waals surface area contributed by atoms with Crippen LogP contribution in [0.5, 0.6) is 5.75 Å². The van der Waals surface area contributed by atoms with Gasteiger partial charge in [0, 0.05) is 12.2 Å². The Morgan fingerprint density at radius 1 is 1.10 bits per heavy atom. The lowest BCUT2D eigenvalue weighted by atomic mass is 10.1. The number of benzene rings is 2. The Morgan fingerprint density at radius 3 is 2.45 bits per heavy atom. The molecule has 0 unspecified atom stereocenters. The topological polar surface area (TPSA) is 32.3 Å². The maximum absolute atomic E-state index is 12.8. The van der Waals surface area contributed by atoms with Crippen LogP contribution in [-0.4, -0.2) is 5.11 Å². The third-order valence-corrected chi connectivity index (χ3v) is 3.36. The largest absolute Gasteiger partial charge is 0.507 e. The molecule has 2 aromatic carbocycles. The molecule has 2 rings (SSSR count). The average molecular weight is 346 g/mol. The minimum atomic E-state index is -4.39. The summed E-state index contributed by atoms with van der Waals surface area (Å²) in [7, 11) is 0. The van der Waals surface area contributed by atoms with E-state index in [0.717, 1.165) is 11.6 Å². The van der Waals surface area contributed by atoms with Crippen molar-refractivity contribution in [3.05, 3.63) is 58.1 Å². The number of rotatable bonds is 3. The number of hydrogen-bond donors (Lipinski definition) is 2. The Morgan fingerprint density at radius 2 is 1.80 bits per heavy atom. The molecule has 0 saturated carbocycles. The molecular formula is C14H11BrF3NO. The molecule has 2 nitrogen and oxygen atoms in total. The van der Waals surface area contributed by atoms with Crippen molar-refractivity contribution in [3.8, 4) is 5.75 Å². The zero-order chi connectivity index (χ0) is 14.8. The van der Waals surface area contributed by atoms with Gasteiger partial charge in [0.05, 0.1) is 10.0 Å². The van der Waals surface area contributed by atoms with Crippen molar-refractivity contribution >= 4 is 21.6 Å². The predicted octanol–water partition coefficient (Wildman–Crippen LogP) is 4.79. The first-order valence-corrected chi connectivity index (χ1v) is 6.55. The molecule has 0 aliphatic rings. The molecule has 106 valence electrons. The van der Waals surface area contributed by atoms with E-state index in [0.29, 0.717) is 4.47 Å². The van der Waals surface area contributed by atoms with E-state index < -0.39 is 11.7 Å². The lowest BCUT2D eigenvalue weighted by Gasteiger charge is -2.14. The fourth-order valence-corrected chi connectivity index (χ4v) is 2.17. The molecule has 0 fully saturated rings. The van der Waals surface area contributed by atoms with Gasteiger partial charge in [0.1, 0.15) is 5.75 Å². The summed E-state index contributed by atoms with van der Waals surface area (Å²) in [6.07, 6.45) is -4.39. The molecule has 0 bridgehead atoms. The quantitative estimate of drug-likeness (QED) is 0.838. The van der Waals surface area contributed by atoms with Crippen molar-refractivity contribution in [2.45, 2.75) is 12.7 Å². The van der Waals surface area contributed by atoms with Gasteiger partial charge in [0.15, 0.2) is 0 Å². The molecule has 0 atom stereocenters. The predicted molar refractivity (Wildman–Crippen MR) is 74.6 cm³/mol. The van der Waals surface area contributed by atoms with Crippen molar-refractivity contribution < 1.29 is 18.3 Å². The van der Waals surface area contributed by atoms with Crippen LogP contribution in [-0.2, 0) is 12.7 Å². The van der Waals surface area contributed by atoms with Gasteiger partial charge in [-0.2, -0.15) is 13.2 Å². The zero-order valence-electron chi connectivity index (χ0n) is 10.2. The van der Waals surface area contributed by atoms with E-state index in [9.17, 15) is 18.3 Å². The summed E-state index contributed by atoms with van der Waals surface area (Å²) >= 11 is 3.16. The molecule has 0 aliphatic heterocycles. The summed E-state index contributed by atoms with van der Waals surface area (Å²) in [5.41, 5.74) is 0.0914. The van der Waals surface area contributed by atoms with Gasteiger partial charge in [0.25, 0.3) is 0 Å². The van der Waals surface area contributed by atoms with Gasteiger partial charge in [-0.05, 0) is 45.8 Å². The highest BCUT2D eigenvalue weighted by Gasteiger charge is 2.32. The second kappa shape index (κ2) is 5.75. The number of para-hydroxylation sites is 1. The summed E-state index contributed by atoms with van der Waals surface area (Å²) in [5.74, 6) is 0.0874. The maximum atomic E-state index is 12.8. The van der Waals surface area contributed by atoms with E-state index in [4.69, 9.17) is 0 Å². The van der Waals surface area contributed by atoms with Crippen LogP contribution in [0.15, 0.2) is 46.9 Å². The minimum absolute atomic E-state index is 0.0317. The van der Waals surface area contributed by atoms with E-state index in [2.05, 4.69) is 21.2 Å². The van der Waals surface area contributed by atoms with Crippen molar-refractivity contribution in [2.75, 3.05) is 5.32 Å². The number of hydrogen-bond acceptors (Lipinski definition) is 2. The van der Waals surface area contributed by atoms with Crippen LogP contribution in [0.25, 0.3) is 0 Å². The van der Waals surface area contributed by atoms with Crippen molar-refractivity contribution in [1.82, 2.24) is 0 Å². The first-order chi connectivity index (χ1) is 9.38. The van der Waals surface area contributed by atoms with E-state index in [1.165, 1.54) is 18.2 Å². The van der Waals surface area contributed by atoms with E-state index in [-0.39, 0.29) is 18.0 Å². The highest BCUT2D eigenvalue weighted by Crippen LogP contribution is 2.34. The molecule has 2 aromatic rings. The molecule has 0 heterocycles. The van der Waals surface area contributed by atoms with Crippen LogP contribution in [0.2, 0.25) is 0 Å². The highest BCUT2D eigenvalue weighted by atomic mass is 79.9. The average Bonchev–Trinajstić information content (AvgIpc) is 2.39. The van der Waals surface area contributed by atoms with E-state index >= 15 is 0 Å². The summed E-state index contributed by atoms with van der Waals surface area (Å²) in [6.45, 7) is 0.228. The molecule has 0 saturated heterocycles. The third kappa shape index (κ3) is 3.45. The molecule has 2 N–H and O–H groups in total. The molecule has 6 heteroatoms. The van der Waals surface area contributed by atoms with Gasteiger partial charge in [-0.1, -0.05) is 18.2 Å². The standard InChI is InChI=1S/C14H11BrF3NO/c15-11-7-9(5-6-13(11)20)8-19-12-4-2-1-3-10(12)14(16,17)18/h1-7,19-20H,8H2. The monoisotopic (exact) mass is 345 g/mol. The zero-order valence-corrected chi connectivity index (χ0v) is 11.8. The van der Waals surface area contributed by atoms with E-state index in [1.54, 1.807) is 18.2 Å². The van der Waals surface area contributed by atoms with Gasteiger partial charge in [0.2, 0.25) is 0 Å².